The number of hydrogen-bond donors (Lipinski definition) is 1. The number of nitrogens with one attached hydrogen (secondary N) is 1. The topological polar surface area (TPSA) is 92.3 Å². The van der Waals surface area contributed by atoms with Gasteiger partial charge in [0.15, 0.2) is 0 Å². The molecule has 0 aliphatic carbocycles. The van der Waals surface area contributed by atoms with Crippen molar-refractivity contribution < 1.29 is 46.1 Å². The number of carbonyl (C=O) groups excluding carboxylic acids is 2. The Bertz CT molecular complexity index is 888. The first-order valence-electron chi connectivity index (χ1n) is 7.16. The van der Waals surface area contributed by atoms with Crippen LogP contribution in [0.15, 0.2) is 34.7 Å². The van der Waals surface area contributed by atoms with Gasteiger partial charge in [-0.3, -0.25) is 0 Å². The highest BCUT2D eigenvalue weighted by Crippen LogP contribution is 2.45. The van der Waals surface area contributed by atoms with E-state index in [9.17, 15) is 46.1 Å². The summed E-state index contributed by atoms with van der Waals surface area (Å²) in [4.78, 5) is 22.9. The first-order valence-corrected chi connectivity index (χ1v) is 7.16. The minimum atomic E-state index is -5.51. The molecule has 1 atom stereocenters. The van der Waals surface area contributed by atoms with Crippen LogP contribution in [0.5, 0.6) is 0 Å². The molecular formula is C16H9F6NO4-2. The molecule has 0 saturated heterocycles. The molecule has 0 bridgehead atoms. The standard InChI is InChI=1S/C16H11F6NO4/c1-5-9(14(24)25)12(11(15(26)27)8(4-17)23-5)10-6(18)2-3-7(19)13(10)16(20,21)22/h2-3,12,23H,4H2,1H3,(H,24,25)(H,26,27)/p-2. The van der Waals surface area contributed by atoms with Crippen molar-refractivity contribution in [3.63, 3.8) is 0 Å². The molecule has 0 aromatic heterocycles. The molecule has 1 aliphatic heterocycles. The lowest BCUT2D eigenvalue weighted by molar-refractivity contribution is -0.300. The third-order valence-corrected chi connectivity index (χ3v) is 3.93. The molecule has 27 heavy (non-hydrogen) atoms. The van der Waals surface area contributed by atoms with E-state index in [2.05, 4.69) is 5.32 Å². The molecule has 0 fully saturated rings. The van der Waals surface area contributed by atoms with Crippen molar-refractivity contribution in [2.75, 3.05) is 6.67 Å². The van der Waals surface area contributed by atoms with Gasteiger partial charge in [-0.2, -0.15) is 13.2 Å². The summed E-state index contributed by atoms with van der Waals surface area (Å²) in [7, 11) is 0. The van der Waals surface area contributed by atoms with Crippen LogP contribution in [0.3, 0.4) is 0 Å². The minimum Gasteiger partial charge on any atom is -0.545 e. The lowest BCUT2D eigenvalue weighted by atomic mass is 9.78. The number of aliphatic carboxylic acids is 2. The quantitative estimate of drug-likeness (QED) is 0.760. The Morgan fingerprint density at radius 3 is 2.04 bits per heavy atom. The molecule has 1 aromatic carbocycles. The highest BCUT2D eigenvalue weighted by molar-refractivity contribution is 5.97. The average molecular weight is 393 g/mol. The Kier molecular flexibility index (Phi) is 5.25. The van der Waals surface area contributed by atoms with Gasteiger partial charge in [-0.05, 0) is 19.1 Å². The zero-order valence-corrected chi connectivity index (χ0v) is 13.3. The molecule has 0 amide bonds. The van der Waals surface area contributed by atoms with Gasteiger partial charge >= 0.3 is 6.18 Å². The number of benzene rings is 1. The van der Waals surface area contributed by atoms with Crippen LogP contribution in [-0.2, 0) is 15.8 Å². The first-order chi connectivity index (χ1) is 12.4. The van der Waals surface area contributed by atoms with Crippen molar-refractivity contribution in [1.29, 1.82) is 0 Å². The lowest BCUT2D eigenvalue weighted by Gasteiger charge is -2.35. The second-order valence-electron chi connectivity index (χ2n) is 5.51. The molecule has 1 aromatic rings. The smallest absolute Gasteiger partial charge is 0.419 e. The second-order valence-corrected chi connectivity index (χ2v) is 5.51. The summed E-state index contributed by atoms with van der Waals surface area (Å²) in [5.41, 5.74) is -7.60. The van der Waals surface area contributed by atoms with Gasteiger partial charge in [0.25, 0.3) is 0 Å². The number of alkyl halides is 4. The number of hydrogen-bond acceptors (Lipinski definition) is 5. The molecule has 1 aliphatic rings. The monoisotopic (exact) mass is 393 g/mol. The number of carbonyl (C=O) groups is 2. The number of rotatable bonds is 4. The number of dihydropyridines is 1. The molecule has 0 spiro atoms. The van der Waals surface area contributed by atoms with Crippen molar-refractivity contribution in [1.82, 2.24) is 5.32 Å². The SMILES string of the molecule is CC1=C(C(=O)[O-])C(c2c(F)ccc(F)c2C(F)(F)F)C(C(=O)[O-])=C(CF)N1. The number of allylic oxidation sites excluding steroid dienone is 2. The van der Waals surface area contributed by atoms with E-state index < -0.39 is 76.0 Å². The molecule has 0 saturated carbocycles. The molecule has 5 nitrogen and oxygen atoms in total. The van der Waals surface area contributed by atoms with Crippen LogP contribution in [-0.4, -0.2) is 18.6 Å². The third kappa shape index (κ3) is 3.49. The van der Waals surface area contributed by atoms with Crippen LogP contribution in [0.1, 0.15) is 24.0 Å². The average Bonchev–Trinajstić information content (AvgIpc) is 2.53. The zero-order chi connectivity index (χ0) is 20.7. The van der Waals surface area contributed by atoms with E-state index in [1.165, 1.54) is 0 Å². The van der Waals surface area contributed by atoms with Crippen molar-refractivity contribution in [3.8, 4) is 0 Å². The van der Waals surface area contributed by atoms with E-state index in [0.717, 1.165) is 6.92 Å². The van der Waals surface area contributed by atoms with Gasteiger partial charge in [0.05, 0.1) is 23.2 Å². The lowest BCUT2D eigenvalue weighted by Crippen LogP contribution is -2.41. The van der Waals surface area contributed by atoms with Gasteiger partial charge in [-0.15, -0.1) is 0 Å². The fraction of sp³-hybridized carbons (Fsp3) is 0.250. The summed E-state index contributed by atoms with van der Waals surface area (Å²) in [6.45, 7) is -0.597. The van der Waals surface area contributed by atoms with E-state index in [0.29, 0.717) is 0 Å². The zero-order valence-electron chi connectivity index (χ0n) is 13.3. The van der Waals surface area contributed by atoms with Crippen LogP contribution >= 0.6 is 0 Å². The van der Waals surface area contributed by atoms with Crippen molar-refractivity contribution in [2.45, 2.75) is 19.0 Å². The van der Waals surface area contributed by atoms with E-state index in [-0.39, 0.29) is 12.1 Å². The third-order valence-electron chi connectivity index (χ3n) is 3.93. The maximum Gasteiger partial charge on any atom is 0.419 e. The minimum absolute atomic E-state index is 0.149. The largest absolute Gasteiger partial charge is 0.545 e. The summed E-state index contributed by atoms with van der Waals surface area (Å²) in [5.74, 6) is -10.6. The van der Waals surface area contributed by atoms with E-state index >= 15 is 0 Å². The molecular weight excluding hydrogens is 384 g/mol. The van der Waals surface area contributed by atoms with E-state index in [4.69, 9.17) is 0 Å². The van der Waals surface area contributed by atoms with Crippen molar-refractivity contribution >= 4 is 11.9 Å². The van der Waals surface area contributed by atoms with Crippen LogP contribution in [0.25, 0.3) is 0 Å². The van der Waals surface area contributed by atoms with Crippen molar-refractivity contribution in [3.05, 3.63) is 57.4 Å². The molecule has 11 heteroatoms. The maximum absolute atomic E-state index is 14.3. The Labute approximate surface area is 147 Å². The molecule has 2 rings (SSSR count). The Morgan fingerprint density at radius 2 is 1.59 bits per heavy atom. The predicted molar refractivity (Wildman–Crippen MR) is 73.0 cm³/mol. The van der Waals surface area contributed by atoms with E-state index in [1.54, 1.807) is 0 Å². The van der Waals surface area contributed by atoms with Gasteiger partial charge < -0.3 is 25.1 Å². The summed E-state index contributed by atoms with van der Waals surface area (Å²) in [6, 6.07) is 0.419. The molecule has 1 N–H and O–H groups in total. The first kappa shape index (κ1) is 20.3. The van der Waals surface area contributed by atoms with Crippen LogP contribution in [0.2, 0.25) is 0 Å². The maximum atomic E-state index is 14.3. The van der Waals surface area contributed by atoms with Gasteiger partial charge in [0.2, 0.25) is 0 Å². The molecule has 1 unspecified atom stereocenters. The fourth-order valence-corrected chi connectivity index (χ4v) is 2.94. The molecule has 146 valence electrons. The summed E-state index contributed by atoms with van der Waals surface area (Å²) < 4.78 is 81.4. The van der Waals surface area contributed by atoms with Gasteiger partial charge in [-0.25, -0.2) is 13.2 Å². The number of carboxylic acids is 2. The second kappa shape index (κ2) is 6.97. The Balaban J connectivity index is 3.00. The summed E-state index contributed by atoms with van der Waals surface area (Å²) >= 11 is 0. The highest BCUT2D eigenvalue weighted by atomic mass is 19.4. The van der Waals surface area contributed by atoms with Crippen molar-refractivity contribution in [2.24, 2.45) is 0 Å². The number of carboxylic acid groups (broad SMARTS) is 2. The van der Waals surface area contributed by atoms with Gasteiger partial charge in [-0.1, -0.05) is 0 Å². The normalized spacial score (nSPS) is 17.8. The molecule has 0 radical (unpaired) electrons. The van der Waals surface area contributed by atoms with Crippen LogP contribution in [0, 0.1) is 11.6 Å². The fourth-order valence-electron chi connectivity index (χ4n) is 2.94. The van der Waals surface area contributed by atoms with Crippen LogP contribution < -0.4 is 15.5 Å². The Hall–Kier alpha value is -2.98. The number of halogens is 6. The van der Waals surface area contributed by atoms with Gasteiger partial charge in [0.1, 0.15) is 18.3 Å². The predicted octanol–water partition coefficient (Wildman–Crippen LogP) is 0.668. The molecule has 1 heterocycles. The Morgan fingerprint density at radius 1 is 1.07 bits per heavy atom. The highest BCUT2D eigenvalue weighted by Gasteiger charge is 2.44. The van der Waals surface area contributed by atoms with Gasteiger partial charge in [0, 0.05) is 28.3 Å². The summed E-state index contributed by atoms with van der Waals surface area (Å²) in [5, 5.41) is 24.9. The van der Waals surface area contributed by atoms with E-state index in [1.807, 2.05) is 0 Å². The summed E-state index contributed by atoms with van der Waals surface area (Å²) in [6.07, 6.45) is -5.51. The van der Waals surface area contributed by atoms with Crippen LogP contribution in [0.4, 0.5) is 26.3 Å².